The number of benzene rings is 1. The molecule has 3 atom stereocenters. The van der Waals surface area contributed by atoms with Gasteiger partial charge in [0.15, 0.2) is 0 Å². The van der Waals surface area contributed by atoms with Gasteiger partial charge in [0.05, 0.1) is 0 Å². The number of anilines is 1. The van der Waals surface area contributed by atoms with Crippen LogP contribution in [0, 0.1) is 0 Å². The lowest BCUT2D eigenvalue weighted by molar-refractivity contribution is -0.114. The van der Waals surface area contributed by atoms with Crippen LogP contribution >= 0.6 is 0 Å². The number of hydrogen-bond donors (Lipinski definition) is 1. The normalized spacial score (nSPS) is 27.3. The van der Waals surface area contributed by atoms with Crippen LogP contribution < -0.4 is 5.32 Å². The molecule has 0 unspecified atom stereocenters. The van der Waals surface area contributed by atoms with E-state index in [0.717, 1.165) is 19.5 Å². The van der Waals surface area contributed by atoms with Crippen LogP contribution in [0.2, 0.25) is 0 Å². The summed E-state index contributed by atoms with van der Waals surface area (Å²) < 4.78 is 0. The van der Waals surface area contributed by atoms with Crippen molar-refractivity contribution in [3.05, 3.63) is 29.8 Å². The molecule has 5 nitrogen and oxygen atoms in total. The molecule has 2 heterocycles. The summed E-state index contributed by atoms with van der Waals surface area (Å²) in [6.45, 7) is 7.71. The second kappa shape index (κ2) is 7.56. The van der Waals surface area contributed by atoms with Crippen molar-refractivity contribution in [1.29, 1.82) is 0 Å². The predicted molar refractivity (Wildman–Crippen MR) is 99.7 cm³/mol. The Morgan fingerprint density at radius 1 is 1.12 bits per heavy atom. The van der Waals surface area contributed by atoms with Gasteiger partial charge in [-0.05, 0) is 57.7 Å². The van der Waals surface area contributed by atoms with Crippen LogP contribution in [-0.2, 0) is 4.79 Å². The van der Waals surface area contributed by atoms with E-state index in [0.29, 0.717) is 29.4 Å². The third kappa shape index (κ3) is 4.03. The van der Waals surface area contributed by atoms with Gasteiger partial charge in [0.2, 0.25) is 5.91 Å². The minimum Gasteiger partial charge on any atom is -0.337 e. The molecule has 0 aromatic heterocycles. The zero-order valence-electron chi connectivity index (χ0n) is 15.5. The number of rotatable bonds is 3. The fourth-order valence-electron chi connectivity index (χ4n) is 4.43. The van der Waals surface area contributed by atoms with Crippen molar-refractivity contribution in [2.45, 2.75) is 64.6 Å². The highest BCUT2D eigenvalue weighted by atomic mass is 16.2. The van der Waals surface area contributed by atoms with Gasteiger partial charge in [-0.1, -0.05) is 6.07 Å². The lowest BCUT2D eigenvalue weighted by Gasteiger charge is -2.41. The summed E-state index contributed by atoms with van der Waals surface area (Å²) in [5, 5.41) is 2.75. The lowest BCUT2D eigenvalue weighted by Crippen LogP contribution is -2.52. The molecule has 0 spiro atoms. The van der Waals surface area contributed by atoms with Crippen molar-refractivity contribution >= 4 is 17.5 Å². The number of amides is 2. The van der Waals surface area contributed by atoms with Gasteiger partial charge in [0.25, 0.3) is 5.91 Å². The van der Waals surface area contributed by atoms with Gasteiger partial charge in [-0.15, -0.1) is 0 Å². The van der Waals surface area contributed by atoms with Crippen LogP contribution in [0.5, 0.6) is 0 Å². The summed E-state index contributed by atoms with van der Waals surface area (Å²) in [7, 11) is 0. The Bertz CT molecular complexity index is 636. The molecule has 5 heteroatoms. The van der Waals surface area contributed by atoms with Gasteiger partial charge in [-0.2, -0.15) is 0 Å². The Morgan fingerprint density at radius 2 is 1.84 bits per heavy atom. The molecule has 2 aliphatic heterocycles. The Balaban J connectivity index is 1.71. The monoisotopic (exact) mass is 343 g/mol. The molecule has 0 radical (unpaired) electrons. The van der Waals surface area contributed by atoms with Crippen molar-refractivity contribution in [2.75, 3.05) is 18.4 Å². The van der Waals surface area contributed by atoms with E-state index < -0.39 is 0 Å². The second-order valence-electron chi connectivity index (χ2n) is 7.53. The molecule has 2 aliphatic rings. The maximum absolute atomic E-state index is 13.0. The number of piperidine rings is 1. The van der Waals surface area contributed by atoms with E-state index in [9.17, 15) is 9.59 Å². The number of likely N-dealkylation sites (tertiary alicyclic amines) is 2. The van der Waals surface area contributed by atoms with Crippen molar-refractivity contribution in [3.63, 3.8) is 0 Å². The van der Waals surface area contributed by atoms with Crippen LogP contribution in [0.1, 0.15) is 56.8 Å². The quantitative estimate of drug-likeness (QED) is 0.917. The largest absolute Gasteiger partial charge is 0.337 e. The number of carbonyl (C=O) groups excluding carboxylic acids is 2. The first-order valence-electron chi connectivity index (χ1n) is 9.40. The maximum atomic E-state index is 13.0. The smallest absolute Gasteiger partial charge is 0.253 e. The average molecular weight is 343 g/mol. The van der Waals surface area contributed by atoms with E-state index in [4.69, 9.17) is 0 Å². The van der Waals surface area contributed by atoms with Gasteiger partial charge in [-0.3, -0.25) is 14.5 Å². The number of hydrogen-bond acceptors (Lipinski definition) is 3. The van der Waals surface area contributed by atoms with E-state index in [1.165, 1.54) is 26.2 Å². The molecule has 0 aliphatic carbocycles. The summed E-state index contributed by atoms with van der Waals surface area (Å²) in [5.41, 5.74) is 1.32. The fraction of sp³-hybridized carbons (Fsp3) is 0.600. The maximum Gasteiger partial charge on any atom is 0.253 e. The molecule has 3 rings (SSSR count). The van der Waals surface area contributed by atoms with E-state index in [1.54, 1.807) is 6.07 Å². The minimum atomic E-state index is -0.125. The molecule has 2 fully saturated rings. The van der Waals surface area contributed by atoms with E-state index >= 15 is 0 Å². The van der Waals surface area contributed by atoms with Crippen LogP contribution in [0.25, 0.3) is 0 Å². The number of nitrogens with zero attached hydrogens (tertiary/aromatic N) is 2. The molecule has 1 aromatic rings. The van der Waals surface area contributed by atoms with Crippen LogP contribution in [0.4, 0.5) is 5.69 Å². The molecule has 2 saturated heterocycles. The molecule has 1 aromatic carbocycles. The van der Waals surface area contributed by atoms with E-state index in [2.05, 4.69) is 24.1 Å². The van der Waals surface area contributed by atoms with Crippen molar-refractivity contribution in [3.8, 4) is 0 Å². The minimum absolute atomic E-state index is 0.0661. The molecular formula is C20H29N3O2. The van der Waals surface area contributed by atoms with Crippen molar-refractivity contribution in [1.82, 2.24) is 9.80 Å². The zero-order valence-corrected chi connectivity index (χ0v) is 15.5. The van der Waals surface area contributed by atoms with E-state index in [1.807, 2.05) is 23.1 Å². The predicted octanol–water partition coefficient (Wildman–Crippen LogP) is 3.12. The van der Waals surface area contributed by atoms with Crippen LogP contribution in [0.15, 0.2) is 24.3 Å². The van der Waals surface area contributed by atoms with Gasteiger partial charge in [0.1, 0.15) is 0 Å². The Labute approximate surface area is 150 Å². The van der Waals surface area contributed by atoms with Gasteiger partial charge < -0.3 is 10.2 Å². The third-order valence-electron chi connectivity index (χ3n) is 5.56. The summed E-state index contributed by atoms with van der Waals surface area (Å²) in [5.74, 6) is -0.0592. The van der Waals surface area contributed by atoms with Gasteiger partial charge in [0, 0.05) is 49.4 Å². The summed E-state index contributed by atoms with van der Waals surface area (Å²) in [4.78, 5) is 28.8. The molecule has 25 heavy (non-hydrogen) atoms. The van der Waals surface area contributed by atoms with Crippen LogP contribution in [0.3, 0.4) is 0 Å². The molecule has 136 valence electrons. The Kier molecular flexibility index (Phi) is 5.42. The van der Waals surface area contributed by atoms with Crippen molar-refractivity contribution in [2.24, 2.45) is 0 Å². The average Bonchev–Trinajstić information content (AvgIpc) is 2.92. The van der Waals surface area contributed by atoms with Crippen LogP contribution in [-0.4, -0.2) is 52.8 Å². The highest BCUT2D eigenvalue weighted by molar-refractivity contribution is 5.96. The first-order valence-corrected chi connectivity index (χ1v) is 9.40. The molecule has 0 saturated carbocycles. The van der Waals surface area contributed by atoms with Gasteiger partial charge >= 0.3 is 0 Å². The highest BCUT2D eigenvalue weighted by Crippen LogP contribution is 2.30. The number of nitrogens with one attached hydrogen (secondary N) is 1. The lowest BCUT2D eigenvalue weighted by atomic mass is 10.0. The second-order valence-corrected chi connectivity index (χ2v) is 7.53. The Morgan fingerprint density at radius 3 is 2.52 bits per heavy atom. The fourth-order valence-corrected chi connectivity index (χ4v) is 4.43. The Hall–Kier alpha value is -1.88. The topological polar surface area (TPSA) is 52.7 Å². The summed E-state index contributed by atoms with van der Waals surface area (Å²) in [6.07, 6.45) is 4.73. The standard InChI is InChI=1S/C20H29N3O2/c1-14-9-10-15(2)23(14)19-8-5-11-22(13-19)20(25)17-6-4-7-18(12-17)21-16(3)24/h4,6-7,12,14-15,19H,5,8-11,13H2,1-3H3,(H,21,24)/t14-,15+,19-/m0/s1. The van der Waals surface area contributed by atoms with Crippen molar-refractivity contribution < 1.29 is 9.59 Å². The molecule has 2 amide bonds. The zero-order chi connectivity index (χ0) is 18.0. The first kappa shape index (κ1) is 17.9. The first-order chi connectivity index (χ1) is 12.0. The summed E-state index contributed by atoms with van der Waals surface area (Å²) >= 11 is 0. The highest BCUT2D eigenvalue weighted by Gasteiger charge is 2.36. The van der Waals surface area contributed by atoms with E-state index in [-0.39, 0.29) is 11.8 Å². The third-order valence-corrected chi connectivity index (χ3v) is 5.56. The van der Waals surface area contributed by atoms with Gasteiger partial charge in [-0.25, -0.2) is 0 Å². The SMILES string of the molecule is CC(=O)Nc1cccc(C(=O)N2CCC[C@H](N3[C@H](C)CC[C@@H]3C)C2)c1. The number of carbonyl (C=O) groups is 2. The molecule has 0 bridgehead atoms. The molecule has 1 N–H and O–H groups in total. The molecular weight excluding hydrogens is 314 g/mol. The summed E-state index contributed by atoms with van der Waals surface area (Å²) in [6, 6.07) is 8.92.